The van der Waals surface area contributed by atoms with Crippen molar-refractivity contribution in [2.75, 3.05) is 31.2 Å². The Labute approximate surface area is 324 Å². The molecule has 4 aliphatic rings. The summed E-state index contributed by atoms with van der Waals surface area (Å²) in [4.78, 5) is 16.3. The lowest BCUT2D eigenvalue weighted by atomic mass is 9.68. The van der Waals surface area contributed by atoms with Crippen molar-refractivity contribution in [3.05, 3.63) is 75.9 Å². The summed E-state index contributed by atoms with van der Waals surface area (Å²) in [5.41, 5.74) is 1.18. The van der Waals surface area contributed by atoms with E-state index in [1.54, 1.807) is 12.4 Å². The molecule has 0 radical (unpaired) electrons. The van der Waals surface area contributed by atoms with Crippen LogP contribution in [0.2, 0.25) is 0 Å². The van der Waals surface area contributed by atoms with Gasteiger partial charge >= 0.3 is 6.18 Å². The van der Waals surface area contributed by atoms with Gasteiger partial charge in [-0.3, -0.25) is 4.98 Å². The van der Waals surface area contributed by atoms with E-state index < -0.39 is 35.9 Å². The molecule has 1 N–H and O–H groups in total. The van der Waals surface area contributed by atoms with Crippen molar-refractivity contribution in [3.8, 4) is 5.75 Å². The van der Waals surface area contributed by atoms with Crippen molar-refractivity contribution in [2.45, 2.75) is 140 Å². The molecule has 2 aliphatic heterocycles. The maximum Gasteiger partial charge on any atom is 0.416 e. The summed E-state index contributed by atoms with van der Waals surface area (Å²) >= 11 is 0. The van der Waals surface area contributed by atoms with E-state index in [1.807, 2.05) is 25.7 Å². The summed E-state index contributed by atoms with van der Waals surface area (Å²) in [6, 6.07) is 4.00. The molecule has 0 bridgehead atoms. The second-order valence-electron chi connectivity index (χ2n) is 16.9. The maximum atomic E-state index is 17.3. The third-order valence-electron chi connectivity index (χ3n) is 11.8. The van der Waals surface area contributed by atoms with Crippen LogP contribution in [0, 0.1) is 5.41 Å². The number of benzene rings is 1. The van der Waals surface area contributed by atoms with Crippen LogP contribution in [0.25, 0.3) is 0 Å². The number of hydrogen-bond donors (Lipinski definition) is 1. The lowest BCUT2D eigenvalue weighted by molar-refractivity contribution is -0.189. The Bertz CT molecular complexity index is 1780. The molecule has 3 aromatic rings. The number of pyridine rings is 1. The van der Waals surface area contributed by atoms with E-state index in [0.29, 0.717) is 86.2 Å². The summed E-state index contributed by atoms with van der Waals surface area (Å²) < 4.78 is 104. The fraction of sp³-hybridized carbons (Fsp3) is 0.643. The van der Waals surface area contributed by atoms with Crippen molar-refractivity contribution in [1.29, 1.82) is 0 Å². The zero-order chi connectivity index (χ0) is 39.8. The Kier molecular flexibility index (Phi) is 11.9. The van der Waals surface area contributed by atoms with Gasteiger partial charge in [0.2, 0.25) is 11.9 Å². The van der Waals surface area contributed by atoms with Crippen LogP contribution in [0.1, 0.15) is 148 Å². The molecule has 3 fully saturated rings. The number of aliphatic hydroxyl groups excluding tert-OH is 1. The highest BCUT2D eigenvalue weighted by Gasteiger charge is 2.44. The molecule has 2 aliphatic carbocycles. The van der Waals surface area contributed by atoms with Crippen molar-refractivity contribution in [3.63, 3.8) is 0 Å². The van der Waals surface area contributed by atoms with Crippen LogP contribution >= 0.6 is 0 Å². The number of anilines is 1. The van der Waals surface area contributed by atoms with Gasteiger partial charge in [0.25, 0.3) is 0 Å². The zero-order valence-electron chi connectivity index (χ0n) is 32.3. The summed E-state index contributed by atoms with van der Waals surface area (Å²) in [6.45, 7) is 8.04. The number of rotatable bonds is 10. The molecule has 14 heteroatoms. The number of hydrogen-bond acceptors (Lipinski definition) is 8. The molecule has 0 amide bonds. The first-order chi connectivity index (χ1) is 26.6. The summed E-state index contributed by atoms with van der Waals surface area (Å²) in [5, 5.41) is 11.6. The lowest BCUT2D eigenvalue weighted by Crippen LogP contribution is -2.36. The van der Waals surface area contributed by atoms with E-state index in [2.05, 4.69) is 9.97 Å². The average molecular weight is 791 g/mol. The van der Waals surface area contributed by atoms with Gasteiger partial charge < -0.3 is 24.2 Å². The van der Waals surface area contributed by atoms with Crippen LogP contribution in [0.15, 0.2) is 36.7 Å². The first kappa shape index (κ1) is 40.7. The Hall–Kier alpha value is -3.49. The van der Waals surface area contributed by atoms with Crippen molar-refractivity contribution >= 4 is 5.95 Å². The minimum absolute atomic E-state index is 0.0189. The molecule has 1 saturated carbocycles. The summed E-state index contributed by atoms with van der Waals surface area (Å²) in [6.07, 6.45) is -0.207. The minimum atomic E-state index is -4.60. The van der Waals surface area contributed by atoms with E-state index >= 15 is 4.39 Å². The predicted octanol–water partition coefficient (Wildman–Crippen LogP) is 9.94. The smallest absolute Gasteiger partial charge is 0.416 e. The fourth-order valence-corrected chi connectivity index (χ4v) is 8.95. The van der Waals surface area contributed by atoms with Crippen LogP contribution < -0.4 is 9.64 Å². The Morgan fingerprint density at radius 3 is 2.25 bits per heavy atom. The third kappa shape index (κ3) is 9.28. The van der Waals surface area contributed by atoms with Crippen LogP contribution in [0.5, 0.6) is 5.75 Å². The summed E-state index contributed by atoms with van der Waals surface area (Å²) in [7, 11) is 0. The molecular formula is C42H52F6N4O4. The van der Waals surface area contributed by atoms with Crippen LogP contribution in [0.4, 0.5) is 32.3 Å². The zero-order valence-corrected chi connectivity index (χ0v) is 32.3. The second-order valence-corrected chi connectivity index (χ2v) is 16.9. The highest BCUT2D eigenvalue weighted by molar-refractivity contribution is 5.51. The van der Waals surface area contributed by atoms with Crippen molar-refractivity contribution in [1.82, 2.24) is 15.0 Å². The number of halogens is 6. The number of piperidine rings is 1. The molecule has 2 saturated heterocycles. The number of nitrogens with zero attached hydrogens (tertiary/aromatic N) is 4. The van der Waals surface area contributed by atoms with E-state index in [-0.39, 0.29) is 60.5 Å². The van der Waals surface area contributed by atoms with Crippen LogP contribution in [-0.2, 0) is 22.1 Å². The van der Waals surface area contributed by atoms with Crippen molar-refractivity contribution < 1.29 is 45.7 Å². The largest absolute Gasteiger partial charge is 0.488 e. The predicted molar refractivity (Wildman–Crippen MR) is 198 cm³/mol. The maximum absolute atomic E-state index is 17.3. The van der Waals surface area contributed by atoms with Gasteiger partial charge in [-0.15, -0.1) is 0 Å². The first-order valence-electron chi connectivity index (χ1n) is 20.0. The normalized spacial score (nSPS) is 24.4. The van der Waals surface area contributed by atoms with Gasteiger partial charge in [-0.25, -0.2) is 23.1 Å². The molecule has 306 valence electrons. The van der Waals surface area contributed by atoms with E-state index in [9.17, 15) is 27.1 Å². The molecule has 4 heterocycles. The standard InChI is InChI=1S/C42H52F6N4O4/c1-25(56-33-6-4-5-19-54-33)24-55-30-22-49-39(50-23-30)52-17-13-28(14-18-52)38-36(37(43)27-7-9-29(10-8-27)42(46,47)48)34(26-11-15-41(44,45)16-12-26)35-31(51-38)20-40(2,3)21-32(35)53/h7-10,22-23,25-26,28,32-33,37,53H,4-6,11-21,24H2,1-3H3/t25-,32?,33?,37?/m0/s1. The topological polar surface area (TPSA) is 89.8 Å². The lowest BCUT2D eigenvalue weighted by Gasteiger charge is -2.41. The second kappa shape index (κ2) is 16.4. The molecular weight excluding hydrogens is 738 g/mol. The fourth-order valence-electron chi connectivity index (χ4n) is 8.95. The number of ether oxygens (including phenoxy) is 3. The van der Waals surface area contributed by atoms with Gasteiger partial charge in [0, 0.05) is 55.3 Å². The molecule has 3 unspecified atom stereocenters. The van der Waals surface area contributed by atoms with E-state index in [1.165, 1.54) is 0 Å². The minimum Gasteiger partial charge on any atom is -0.488 e. The SMILES string of the molecule is C[C@@H](COc1cnc(N2CCC(c3nc4c(c(C5CCC(F)(F)CC5)c3C(F)c3ccc(C(F)(F)F)cc3)C(O)CC(C)(C)C4)CC2)nc1)OC1CCCCO1. The monoisotopic (exact) mass is 790 g/mol. The quantitative estimate of drug-likeness (QED) is 0.203. The molecule has 56 heavy (non-hydrogen) atoms. The average Bonchev–Trinajstić information content (AvgIpc) is 3.16. The Balaban J connectivity index is 1.16. The highest BCUT2D eigenvalue weighted by Crippen LogP contribution is 2.52. The molecule has 1 aromatic carbocycles. The van der Waals surface area contributed by atoms with E-state index in [0.717, 1.165) is 43.5 Å². The number of aliphatic hydroxyl groups is 1. The van der Waals surface area contributed by atoms with Gasteiger partial charge in [-0.05, 0) is 99.3 Å². The number of alkyl halides is 6. The number of aromatic nitrogens is 3. The van der Waals surface area contributed by atoms with Gasteiger partial charge in [0.1, 0.15) is 6.61 Å². The molecule has 0 spiro atoms. The van der Waals surface area contributed by atoms with Crippen molar-refractivity contribution in [2.24, 2.45) is 5.41 Å². The number of fused-ring (bicyclic) bond motifs is 1. The van der Waals surface area contributed by atoms with Gasteiger partial charge in [0.15, 0.2) is 18.2 Å². The Morgan fingerprint density at radius 1 is 0.946 bits per heavy atom. The van der Waals surface area contributed by atoms with Gasteiger partial charge in [0.05, 0.1) is 35.9 Å². The molecule has 8 nitrogen and oxygen atoms in total. The van der Waals surface area contributed by atoms with Crippen LogP contribution in [0.3, 0.4) is 0 Å². The van der Waals surface area contributed by atoms with Gasteiger partial charge in [-0.2, -0.15) is 13.2 Å². The first-order valence-corrected chi connectivity index (χ1v) is 20.0. The summed E-state index contributed by atoms with van der Waals surface area (Å²) in [5.74, 6) is -2.54. The molecule has 2 aromatic heterocycles. The van der Waals surface area contributed by atoms with Gasteiger partial charge in [-0.1, -0.05) is 26.0 Å². The molecule has 7 rings (SSSR count). The highest BCUT2D eigenvalue weighted by atomic mass is 19.4. The third-order valence-corrected chi connectivity index (χ3v) is 11.8. The molecule has 4 atom stereocenters. The Morgan fingerprint density at radius 2 is 1.62 bits per heavy atom. The van der Waals surface area contributed by atoms with E-state index in [4.69, 9.17) is 19.2 Å². The van der Waals surface area contributed by atoms with Crippen LogP contribution in [-0.4, -0.2) is 64.7 Å².